The molecule has 1 aromatic heterocycles. The summed E-state index contributed by atoms with van der Waals surface area (Å²) in [5.41, 5.74) is 1.73. The van der Waals surface area contributed by atoms with E-state index in [1.165, 1.54) is 19.2 Å². The monoisotopic (exact) mass is 529 g/mol. The molecule has 3 rings (SSSR count). The number of esters is 1. The van der Waals surface area contributed by atoms with Crippen LogP contribution in [0.2, 0.25) is 0 Å². The normalized spacial score (nSPS) is 18.8. The molecule has 1 N–H and O–H groups in total. The Labute approximate surface area is 193 Å². The third kappa shape index (κ3) is 5.93. The van der Waals surface area contributed by atoms with Gasteiger partial charge in [0.05, 0.1) is 24.4 Å². The summed E-state index contributed by atoms with van der Waals surface area (Å²) in [6.07, 6.45) is 2.55. The number of likely N-dealkylation sites (tertiary alicyclic amines) is 1. The number of guanidine groups is 1. The van der Waals surface area contributed by atoms with Gasteiger partial charge in [-0.2, -0.15) is 5.10 Å². The molecule has 1 aliphatic heterocycles. The van der Waals surface area contributed by atoms with Crippen molar-refractivity contribution in [2.75, 3.05) is 33.3 Å². The van der Waals surface area contributed by atoms with Crippen LogP contribution in [0.1, 0.15) is 19.5 Å². The minimum Gasteiger partial charge on any atom is -0.469 e. The zero-order valence-corrected chi connectivity index (χ0v) is 19.9. The Bertz CT molecular complexity index is 855. The first kappa shape index (κ1) is 24.1. The van der Waals surface area contributed by atoms with E-state index >= 15 is 0 Å². The molecule has 1 aromatic carbocycles. The van der Waals surface area contributed by atoms with E-state index in [1.54, 1.807) is 16.8 Å². The molecule has 0 spiro atoms. The van der Waals surface area contributed by atoms with Crippen LogP contribution in [0.5, 0.6) is 0 Å². The lowest BCUT2D eigenvalue weighted by Gasteiger charge is -2.21. The van der Waals surface area contributed by atoms with Gasteiger partial charge in [-0.25, -0.2) is 9.07 Å². The molecule has 0 saturated carbocycles. The van der Waals surface area contributed by atoms with Crippen molar-refractivity contribution in [1.29, 1.82) is 0 Å². The van der Waals surface area contributed by atoms with Gasteiger partial charge in [-0.05, 0) is 43.2 Å². The van der Waals surface area contributed by atoms with E-state index in [4.69, 9.17) is 9.73 Å². The molecule has 9 heteroatoms. The number of nitrogens with one attached hydrogen (secondary N) is 1. The largest absolute Gasteiger partial charge is 0.469 e. The number of aliphatic imine (C=N–C) groups is 1. The van der Waals surface area contributed by atoms with Crippen LogP contribution in [0.25, 0.3) is 5.69 Å². The van der Waals surface area contributed by atoms with Crippen LogP contribution < -0.4 is 5.32 Å². The van der Waals surface area contributed by atoms with Crippen molar-refractivity contribution in [3.05, 3.63) is 48.0 Å². The van der Waals surface area contributed by atoms with Gasteiger partial charge in [0.15, 0.2) is 5.96 Å². The van der Waals surface area contributed by atoms with Crippen LogP contribution in [-0.4, -0.2) is 59.9 Å². The lowest BCUT2D eigenvalue weighted by Crippen LogP contribution is -2.40. The van der Waals surface area contributed by atoms with Gasteiger partial charge in [-0.1, -0.05) is 6.92 Å². The molecule has 0 aliphatic carbocycles. The third-order valence-corrected chi connectivity index (χ3v) is 5.12. The fraction of sp³-hybridized carbons (Fsp3) is 0.476. The smallest absolute Gasteiger partial charge is 0.310 e. The molecule has 0 radical (unpaired) electrons. The van der Waals surface area contributed by atoms with Crippen molar-refractivity contribution in [3.63, 3.8) is 0 Å². The summed E-state index contributed by atoms with van der Waals surface area (Å²) in [4.78, 5) is 18.8. The maximum Gasteiger partial charge on any atom is 0.310 e. The van der Waals surface area contributed by atoms with Crippen LogP contribution in [-0.2, 0) is 16.0 Å². The summed E-state index contributed by atoms with van der Waals surface area (Å²) < 4.78 is 19.7. The van der Waals surface area contributed by atoms with E-state index in [1.807, 2.05) is 19.2 Å². The van der Waals surface area contributed by atoms with Gasteiger partial charge in [0.25, 0.3) is 0 Å². The van der Waals surface area contributed by atoms with Gasteiger partial charge in [-0.3, -0.25) is 9.79 Å². The molecular formula is C21H29FIN5O2. The highest BCUT2D eigenvalue weighted by Crippen LogP contribution is 2.24. The number of carbonyl (C=O) groups excluding carboxylic acids is 1. The van der Waals surface area contributed by atoms with Crippen molar-refractivity contribution >= 4 is 35.9 Å². The average Bonchev–Trinajstić information content (AvgIpc) is 3.34. The predicted octanol–water partition coefficient (Wildman–Crippen LogP) is 2.88. The van der Waals surface area contributed by atoms with Crippen LogP contribution in [0.15, 0.2) is 41.5 Å². The van der Waals surface area contributed by atoms with Crippen molar-refractivity contribution in [2.45, 2.75) is 20.3 Å². The standard InChI is InChI=1S/C21H28FN5O2.HI/c1-4-23-21(26-13-15(2)19(14-26)20(28)29-3)24-11-9-17-10-12-27(25-17)18-7-5-16(22)6-8-18;/h5-8,10,12,15,19H,4,9,11,13-14H2,1-3H3,(H,23,24);1H. The number of carbonyl (C=O) groups is 1. The molecule has 2 atom stereocenters. The minimum atomic E-state index is -0.267. The number of hydrogen-bond acceptors (Lipinski definition) is 4. The van der Waals surface area contributed by atoms with Gasteiger partial charge in [0.1, 0.15) is 5.82 Å². The number of halogens is 2. The SMILES string of the molecule is CCNC(=NCCc1ccn(-c2ccc(F)cc2)n1)N1CC(C)C(C(=O)OC)C1.I. The van der Waals surface area contributed by atoms with E-state index in [9.17, 15) is 9.18 Å². The van der Waals surface area contributed by atoms with E-state index in [2.05, 4.69) is 22.2 Å². The van der Waals surface area contributed by atoms with E-state index in [-0.39, 0.29) is 47.6 Å². The summed E-state index contributed by atoms with van der Waals surface area (Å²) in [6.45, 7) is 6.80. The number of aromatic nitrogens is 2. The Morgan fingerprint density at radius 3 is 2.70 bits per heavy atom. The van der Waals surface area contributed by atoms with Crippen LogP contribution in [0.4, 0.5) is 4.39 Å². The van der Waals surface area contributed by atoms with E-state index in [0.717, 1.165) is 30.4 Å². The summed E-state index contributed by atoms with van der Waals surface area (Å²) in [7, 11) is 1.43. The highest BCUT2D eigenvalue weighted by Gasteiger charge is 2.36. The highest BCUT2D eigenvalue weighted by atomic mass is 127. The fourth-order valence-electron chi connectivity index (χ4n) is 3.53. The number of rotatable bonds is 6. The first-order valence-corrected chi connectivity index (χ1v) is 9.93. The highest BCUT2D eigenvalue weighted by molar-refractivity contribution is 14.0. The molecule has 1 aliphatic rings. The second kappa shape index (κ2) is 11.3. The molecular weight excluding hydrogens is 500 g/mol. The quantitative estimate of drug-likeness (QED) is 0.270. The molecule has 0 amide bonds. The summed E-state index contributed by atoms with van der Waals surface area (Å²) in [6, 6.07) is 8.17. The Morgan fingerprint density at radius 1 is 1.30 bits per heavy atom. The van der Waals surface area contributed by atoms with Crippen molar-refractivity contribution in [3.8, 4) is 5.69 Å². The average molecular weight is 529 g/mol. The Hall–Kier alpha value is -2.17. The van der Waals surface area contributed by atoms with Gasteiger partial charge in [0, 0.05) is 38.8 Å². The molecule has 7 nitrogen and oxygen atoms in total. The van der Waals surface area contributed by atoms with Crippen molar-refractivity contribution in [2.24, 2.45) is 16.8 Å². The first-order valence-electron chi connectivity index (χ1n) is 9.93. The van der Waals surface area contributed by atoms with Gasteiger partial charge in [0.2, 0.25) is 0 Å². The Morgan fingerprint density at radius 2 is 2.03 bits per heavy atom. The number of nitrogens with zero attached hydrogens (tertiary/aromatic N) is 4. The number of benzene rings is 1. The van der Waals surface area contributed by atoms with E-state index in [0.29, 0.717) is 19.5 Å². The van der Waals surface area contributed by atoms with Crippen LogP contribution >= 0.6 is 24.0 Å². The van der Waals surface area contributed by atoms with Gasteiger partial charge < -0.3 is 15.0 Å². The third-order valence-electron chi connectivity index (χ3n) is 5.12. The Kier molecular flexibility index (Phi) is 9.07. The predicted molar refractivity (Wildman–Crippen MR) is 125 cm³/mol. The molecule has 1 fully saturated rings. The lowest BCUT2D eigenvalue weighted by molar-refractivity contribution is -0.145. The first-order chi connectivity index (χ1) is 14.0. The number of methoxy groups -OCH3 is 1. The molecule has 30 heavy (non-hydrogen) atoms. The fourth-order valence-corrected chi connectivity index (χ4v) is 3.53. The molecule has 164 valence electrons. The topological polar surface area (TPSA) is 71.8 Å². The second-order valence-corrected chi connectivity index (χ2v) is 7.23. The molecule has 2 heterocycles. The Balaban J connectivity index is 0.00000320. The zero-order valence-electron chi connectivity index (χ0n) is 17.5. The number of hydrogen-bond donors (Lipinski definition) is 1. The molecule has 1 saturated heterocycles. The molecule has 2 aromatic rings. The maximum absolute atomic E-state index is 13.1. The number of ether oxygens (including phenoxy) is 1. The summed E-state index contributed by atoms with van der Waals surface area (Å²) in [5, 5.41) is 7.85. The summed E-state index contributed by atoms with van der Waals surface area (Å²) in [5.74, 6) is 0.468. The summed E-state index contributed by atoms with van der Waals surface area (Å²) >= 11 is 0. The molecule has 2 unspecified atom stereocenters. The molecule has 0 bridgehead atoms. The van der Waals surface area contributed by atoms with Gasteiger partial charge >= 0.3 is 5.97 Å². The van der Waals surface area contributed by atoms with Gasteiger partial charge in [-0.15, -0.1) is 24.0 Å². The van der Waals surface area contributed by atoms with Crippen molar-refractivity contribution < 1.29 is 13.9 Å². The maximum atomic E-state index is 13.1. The zero-order chi connectivity index (χ0) is 20.8. The minimum absolute atomic E-state index is 0. The van der Waals surface area contributed by atoms with Crippen molar-refractivity contribution in [1.82, 2.24) is 20.0 Å². The second-order valence-electron chi connectivity index (χ2n) is 7.23. The van der Waals surface area contributed by atoms with Crippen LogP contribution in [0, 0.1) is 17.7 Å². The van der Waals surface area contributed by atoms with Crippen LogP contribution in [0.3, 0.4) is 0 Å². The van der Waals surface area contributed by atoms with E-state index < -0.39 is 0 Å². The lowest BCUT2D eigenvalue weighted by atomic mass is 9.99.